The first-order valence-electron chi connectivity index (χ1n) is 3.75. The van der Waals surface area contributed by atoms with E-state index in [1.54, 1.807) is 0 Å². The fourth-order valence-electron chi connectivity index (χ4n) is 0.283. The van der Waals surface area contributed by atoms with Crippen LogP contribution in [0, 0.1) is 0 Å². The average Bonchev–Trinajstić information content (AvgIpc) is 2.04. The second-order valence-electron chi connectivity index (χ2n) is 2.04. The number of hydrogen-bond donors (Lipinski definition) is 3. The second-order valence-corrected chi connectivity index (χ2v) is 6.64. The predicted octanol–water partition coefficient (Wildman–Crippen LogP) is 2.66. The Kier molecular flexibility index (Phi) is 24.1. The summed E-state index contributed by atoms with van der Waals surface area (Å²) < 4.78 is 0. The monoisotopic (exact) mass is 415 g/mol. The molecule has 0 saturated heterocycles. The van der Waals surface area contributed by atoms with Gasteiger partial charge in [0.2, 0.25) is 0 Å². The van der Waals surface area contributed by atoms with E-state index < -0.39 is 7.94 Å². The van der Waals surface area contributed by atoms with Gasteiger partial charge in [-0.05, 0) is 0 Å². The van der Waals surface area contributed by atoms with E-state index in [-0.39, 0.29) is 29.0 Å². The van der Waals surface area contributed by atoms with Gasteiger partial charge in [0.05, 0.1) is 0 Å². The Bertz CT molecular complexity index is 116. The maximum atomic E-state index is 8.18. The van der Waals surface area contributed by atoms with Gasteiger partial charge in [-0.15, -0.1) is 17.0 Å². The Hall–Kier alpha value is 2.18. The molecule has 0 aliphatic carbocycles. The Morgan fingerprint density at radius 2 is 1.27 bits per heavy atom. The molecule has 0 bridgehead atoms. The van der Waals surface area contributed by atoms with Crippen LogP contribution in [-0.2, 0) is 15.0 Å². The molecule has 0 aromatic rings. The second kappa shape index (κ2) is 16.2. The molecular formula is C6H17BrCl3CuO3P. The Morgan fingerprint density at radius 3 is 1.40 bits per heavy atom. The Labute approximate surface area is 123 Å². The number of rotatable bonds is 6. The van der Waals surface area contributed by atoms with Crippen LogP contribution in [0.25, 0.3) is 0 Å². The predicted molar refractivity (Wildman–Crippen MR) is 71.9 cm³/mol. The van der Waals surface area contributed by atoms with Crippen LogP contribution in [0.3, 0.4) is 0 Å². The van der Waals surface area contributed by atoms with Gasteiger partial charge in [-0.25, -0.2) is 0 Å². The van der Waals surface area contributed by atoms with Crippen molar-refractivity contribution in [3.63, 3.8) is 0 Å². The first-order chi connectivity index (χ1) is 6.47. The van der Waals surface area contributed by atoms with Crippen molar-refractivity contribution in [1.82, 2.24) is 0 Å². The third kappa shape index (κ3) is 31.4. The first kappa shape index (κ1) is 22.4. The van der Waals surface area contributed by atoms with Crippen LogP contribution in [0.2, 0.25) is 10.6 Å². The van der Waals surface area contributed by atoms with Crippen molar-refractivity contribution < 1.29 is 29.6 Å². The zero-order valence-corrected chi connectivity index (χ0v) is 13.9. The molecular weight excluding hydrogens is 401 g/mol. The molecule has 0 atom stereocenters. The molecule has 0 aromatic carbocycles. The molecule has 0 heterocycles. The quantitative estimate of drug-likeness (QED) is 0.269. The summed E-state index contributed by atoms with van der Waals surface area (Å²) >= 11 is 17.6. The SMILES string of the molecule is Br.ClC[CH2][Cu][CH2]CCl.O[PH](O)(O)CCCl. The summed E-state index contributed by atoms with van der Waals surface area (Å²) in [5.74, 6) is 1.56. The molecule has 0 rings (SSSR count). The number of hydrogen-bond acceptors (Lipinski definition) is 3. The molecule has 9 heteroatoms. The molecule has 0 saturated carbocycles. The molecule has 3 nitrogen and oxygen atoms in total. The summed E-state index contributed by atoms with van der Waals surface area (Å²) in [7, 11) is -3.79. The molecule has 0 aromatic heterocycles. The van der Waals surface area contributed by atoms with Crippen LogP contribution in [0.1, 0.15) is 0 Å². The minimum atomic E-state index is -3.79. The van der Waals surface area contributed by atoms with Gasteiger partial charge < -0.3 is 0 Å². The van der Waals surface area contributed by atoms with Crippen molar-refractivity contribution in [2.75, 3.05) is 23.8 Å². The minimum absolute atomic E-state index is 0. The maximum absolute atomic E-state index is 8.18. The van der Waals surface area contributed by atoms with Crippen molar-refractivity contribution in [1.29, 1.82) is 0 Å². The van der Waals surface area contributed by atoms with E-state index in [4.69, 9.17) is 49.5 Å². The molecule has 0 aliphatic rings. The van der Waals surface area contributed by atoms with Crippen molar-refractivity contribution in [3.05, 3.63) is 0 Å². The molecule has 0 radical (unpaired) electrons. The van der Waals surface area contributed by atoms with Gasteiger partial charge in [-0.1, -0.05) is 0 Å². The Morgan fingerprint density at radius 1 is 0.867 bits per heavy atom. The van der Waals surface area contributed by atoms with E-state index in [2.05, 4.69) is 0 Å². The van der Waals surface area contributed by atoms with Crippen molar-refractivity contribution in [2.24, 2.45) is 0 Å². The van der Waals surface area contributed by atoms with Crippen molar-refractivity contribution in [3.8, 4) is 0 Å². The molecule has 0 spiro atoms. The van der Waals surface area contributed by atoms with E-state index in [0.717, 1.165) is 22.4 Å². The third-order valence-electron chi connectivity index (χ3n) is 0.757. The van der Waals surface area contributed by atoms with Gasteiger partial charge in [0, 0.05) is 0 Å². The summed E-state index contributed by atoms with van der Waals surface area (Å²) in [6.07, 6.45) is -0.0887. The zero-order chi connectivity index (χ0) is 11.4. The molecule has 103 valence electrons. The van der Waals surface area contributed by atoms with E-state index >= 15 is 0 Å². The molecule has 0 amide bonds. The van der Waals surface area contributed by atoms with E-state index in [0.29, 0.717) is 0 Å². The van der Waals surface area contributed by atoms with Gasteiger partial charge >= 0.3 is 107 Å². The van der Waals surface area contributed by atoms with Crippen LogP contribution in [0.15, 0.2) is 0 Å². The molecule has 15 heavy (non-hydrogen) atoms. The summed E-state index contributed by atoms with van der Waals surface area (Å²) in [4.78, 5) is 24.5. The third-order valence-corrected chi connectivity index (χ3v) is 4.15. The molecule has 0 fully saturated rings. The van der Waals surface area contributed by atoms with Gasteiger partial charge in [-0.2, -0.15) is 0 Å². The van der Waals surface area contributed by atoms with Gasteiger partial charge in [-0.3, -0.25) is 0 Å². The fraction of sp³-hybridized carbons (Fsp3) is 1.00. The topological polar surface area (TPSA) is 60.7 Å². The van der Waals surface area contributed by atoms with Crippen LogP contribution in [0.5, 0.6) is 0 Å². The molecule has 0 aliphatic heterocycles. The Balaban J connectivity index is -0.000000180. The zero-order valence-electron chi connectivity index (χ0n) is 7.93. The summed E-state index contributed by atoms with van der Waals surface area (Å²) in [6, 6.07) is 0. The normalized spacial score (nSPS) is 11.3. The summed E-state index contributed by atoms with van der Waals surface area (Å²) in [5.41, 5.74) is 0. The van der Waals surface area contributed by atoms with E-state index in [1.165, 1.54) is 0 Å². The van der Waals surface area contributed by atoms with Gasteiger partial charge in [0.25, 0.3) is 0 Å². The van der Waals surface area contributed by atoms with Crippen LogP contribution >= 0.6 is 59.7 Å². The summed E-state index contributed by atoms with van der Waals surface area (Å²) in [6.45, 7) is 0. The summed E-state index contributed by atoms with van der Waals surface area (Å²) in [5, 5.41) is 2.02. The fourth-order valence-corrected chi connectivity index (χ4v) is 2.45. The number of halogens is 4. The standard InChI is InChI=1S/C2H8ClO3P.2C2H4Cl.BrH.Cu/c3-1-2-7(4,5)6;2*1-2-3;;/h4-7H,1-2H2;2*1-2H2;1H;. The van der Waals surface area contributed by atoms with Gasteiger partial charge in [0.15, 0.2) is 0 Å². The molecule has 0 unspecified atom stereocenters. The first-order valence-corrected chi connectivity index (χ1v) is 8.74. The van der Waals surface area contributed by atoms with Crippen molar-refractivity contribution in [2.45, 2.75) is 10.6 Å². The number of alkyl halides is 3. The van der Waals surface area contributed by atoms with Gasteiger partial charge in [0.1, 0.15) is 0 Å². The van der Waals surface area contributed by atoms with E-state index in [9.17, 15) is 0 Å². The van der Waals surface area contributed by atoms with E-state index in [1.807, 2.05) is 15.0 Å². The van der Waals surface area contributed by atoms with Crippen molar-refractivity contribution >= 4 is 59.7 Å². The molecule has 3 N–H and O–H groups in total. The average molecular weight is 418 g/mol. The van der Waals surface area contributed by atoms with Crippen LogP contribution in [-0.4, -0.2) is 38.5 Å². The van der Waals surface area contributed by atoms with Crippen LogP contribution in [0.4, 0.5) is 0 Å². The van der Waals surface area contributed by atoms with Crippen LogP contribution < -0.4 is 0 Å².